The Labute approximate surface area is 96.8 Å². The molecule has 92 valence electrons. The third kappa shape index (κ3) is 2.64. The molecule has 1 aromatic carbocycles. The Morgan fingerprint density at radius 2 is 2.18 bits per heavy atom. The van der Waals surface area contributed by atoms with Gasteiger partial charge in [-0.3, -0.25) is 0 Å². The number of benzene rings is 1. The smallest absolute Gasteiger partial charge is 0.404 e. The molecular weight excluding hydrogens is 230 g/mol. The molecule has 4 nitrogen and oxygen atoms in total. The molecule has 0 spiro atoms. The van der Waals surface area contributed by atoms with Gasteiger partial charge in [0, 0.05) is 24.8 Å². The van der Waals surface area contributed by atoms with Gasteiger partial charge in [-0.2, -0.15) is 0 Å². The predicted molar refractivity (Wildman–Crippen MR) is 58.1 cm³/mol. The van der Waals surface area contributed by atoms with E-state index in [0.29, 0.717) is 25.2 Å². The fourth-order valence-corrected chi connectivity index (χ4v) is 1.97. The zero-order valence-electron chi connectivity index (χ0n) is 8.99. The topological polar surface area (TPSA) is 52.6 Å². The molecule has 1 saturated heterocycles. The first kappa shape index (κ1) is 11.6. The number of carbonyl (C=O) groups is 1. The average molecular weight is 242 g/mol. The largest absolute Gasteiger partial charge is 0.465 e. The van der Waals surface area contributed by atoms with Gasteiger partial charge in [0.1, 0.15) is 0 Å². The van der Waals surface area contributed by atoms with Crippen LogP contribution in [-0.2, 0) is 0 Å². The lowest BCUT2D eigenvalue weighted by molar-refractivity contribution is 0.191. The summed E-state index contributed by atoms with van der Waals surface area (Å²) in [6, 6.07) is 3.52. The van der Waals surface area contributed by atoms with Gasteiger partial charge >= 0.3 is 6.09 Å². The highest BCUT2D eigenvalue weighted by atomic mass is 19.2. The quantitative estimate of drug-likeness (QED) is 0.831. The lowest BCUT2D eigenvalue weighted by atomic mass is 10.2. The molecule has 0 saturated carbocycles. The first-order valence-corrected chi connectivity index (χ1v) is 5.25. The zero-order chi connectivity index (χ0) is 12.4. The zero-order valence-corrected chi connectivity index (χ0v) is 8.99. The van der Waals surface area contributed by atoms with Crippen LogP contribution in [0, 0.1) is 11.6 Å². The van der Waals surface area contributed by atoms with E-state index < -0.39 is 17.7 Å². The number of rotatable bonds is 2. The number of halogens is 2. The highest BCUT2D eigenvalue weighted by Gasteiger charge is 2.24. The minimum atomic E-state index is -1.07. The second-order valence-electron chi connectivity index (χ2n) is 3.98. The van der Waals surface area contributed by atoms with E-state index >= 15 is 0 Å². The minimum absolute atomic E-state index is 0.166. The van der Waals surface area contributed by atoms with Crippen molar-refractivity contribution in [1.29, 1.82) is 0 Å². The van der Waals surface area contributed by atoms with Crippen LogP contribution in [0.4, 0.5) is 19.3 Å². The number of carboxylic acid groups (broad SMARTS) is 1. The van der Waals surface area contributed by atoms with Gasteiger partial charge in [0.05, 0.1) is 6.04 Å². The van der Waals surface area contributed by atoms with Gasteiger partial charge < -0.3 is 15.3 Å². The van der Waals surface area contributed by atoms with Crippen molar-refractivity contribution in [1.82, 2.24) is 5.32 Å². The first-order valence-electron chi connectivity index (χ1n) is 5.25. The molecule has 0 aliphatic carbocycles. The number of nitrogens with one attached hydrogen (secondary N) is 1. The number of nitrogens with zero attached hydrogens (tertiary/aromatic N) is 1. The maximum absolute atomic E-state index is 13.0. The van der Waals surface area contributed by atoms with Crippen LogP contribution in [0.15, 0.2) is 18.2 Å². The van der Waals surface area contributed by atoms with Crippen LogP contribution < -0.4 is 10.2 Å². The van der Waals surface area contributed by atoms with Crippen LogP contribution in [-0.4, -0.2) is 30.3 Å². The molecule has 0 unspecified atom stereocenters. The Kier molecular flexibility index (Phi) is 3.12. The van der Waals surface area contributed by atoms with Crippen molar-refractivity contribution >= 4 is 11.8 Å². The van der Waals surface area contributed by atoms with Gasteiger partial charge in [-0.05, 0) is 18.6 Å². The molecule has 2 rings (SSSR count). The lowest BCUT2D eigenvalue weighted by Gasteiger charge is -2.18. The Morgan fingerprint density at radius 1 is 1.41 bits per heavy atom. The summed E-state index contributed by atoms with van der Waals surface area (Å²) in [7, 11) is 0. The van der Waals surface area contributed by atoms with Crippen LogP contribution >= 0.6 is 0 Å². The molecule has 6 heteroatoms. The maximum Gasteiger partial charge on any atom is 0.404 e. The third-order valence-electron chi connectivity index (χ3n) is 2.78. The van der Waals surface area contributed by atoms with Crippen LogP contribution in [0.25, 0.3) is 0 Å². The molecule has 1 aliphatic heterocycles. The van der Waals surface area contributed by atoms with E-state index in [-0.39, 0.29) is 6.04 Å². The Hall–Kier alpha value is -1.85. The van der Waals surface area contributed by atoms with E-state index in [1.165, 1.54) is 6.07 Å². The lowest BCUT2D eigenvalue weighted by Crippen LogP contribution is -2.36. The van der Waals surface area contributed by atoms with Gasteiger partial charge in [-0.25, -0.2) is 13.6 Å². The van der Waals surface area contributed by atoms with E-state index in [4.69, 9.17) is 5.11 Å². The maximum atomic E-state index is 13.0. The molecule has 1 aliphatic rings. The minimum Gasteiger partial charge on any atom is -0.465 e. The van der Waals surface area contributed by atoms with Crippen molar-refractivity contribution in [3.05, 3.63) is 29.8 Å². The predicted octanol–water partition coefficient (Wildman–Crippen LogP) is 1.81. The Bertz CT molecular complexity index is 439. The summed E-state index contributed by atoms with van der Waals surface area (Å²) in [5, 5.41) is 10.9. The van der Waals surface area contributed by atoms with E-state index in [0.717, 1.165) is 12.1 Å². The van der Waals surface area contributed by atoms with Crippen LogP contribution in [0.1, 0.15) is 6.42 Å². The van der Waals surface area contributed by atoms with Crippen molar-refractivity contribution in [3.8, 4) is 0 Å². The third-order valence-corrected chi connectivity index (χ3v) is 2.78. The molecule has 1 amide bonds. The van der Waals surface area contributed by atoms with Crippen molar-refractivity contribution in [2.75, 3.05) is 18.0 Å². The summed E-state index contributed by atoms with van der Waals surface area (Å²) < 4.78 is 25.8. The molecular formula is C11H12F2N2O2. The molecule has 2 N–H and O–H groups in total. The van der Waals surface area contributed by atoms with Crippen molar-refractivity contribution in [2.24, 2.45) is 0 Å². The van der Waals surface area contributed by atoms with Gasteiger partial charge in [-0.15, -0.1) is 0 Å². The Balaban J connectivity index is 2.04. The second-order valence-corrected chi connectivity index (χ2v) is 3.98. The van der Waals surface area contributed by atoms with E-state index in [1.54, 1.807) is 0 Å². The fraction of sp³-hybridized carbons (Fsp3) is 0.364. The summed E-state index contributed by atoms with van der Waals surface area (Å²) >= 11 is 0. The fourth-order valence-electron chi connectivity index (χ4n) is 1.97. The Morgan fingerprint density at radius 3 is 2.82 bits per heavy atom. The summed E-state index contributed by atoms with van der Waals surface area (Å²) in [4.78, 5) is 12.3. The van der Waals surface area contributed by atoms with E-state index in [1.807, 2.05) is 4.90 Å². The monoisotopic (exact) mass is 242 g/mol. The molecule has 0 bridgehead atoms. The second kappa shape index (κ2) is 4.57. The molecule has 0 aromatic heterocycles. The average Bonchev–Trinajstić information content (AvgIpc) is 2.69. The molecule has 1 heterocycles. The van der Waals surface area contributed by atoms with Gasteiger partial charge in [-0.1, -0.05) is 0 Å². The van der Waals surface area contributed by atoms with E-state index in [9.17, 15) is 13.6 Å². The van der Waals surface area contributed by atoms with Crippen LogP contribution in [0.2, 0.25) is 0 Å². The molecule has 0 radical (unpaired) electrons. The van der Waals surface area contributed by atoms with Gasteiger partial charge in [0.15, 0.2) is 11.6 Å². The number of hydrogen-bond donors (Lipinski definition) is 2. The summed E-state index contributed by atoms with van der Waals surface area (Å²) in [6.07, 6.45) is -0.409. The van der Waals surface area contributed by atoms with E-state index in [2.05, 4.69) is 5.32 Å². The molecule has 17 heavy (non-hydrogen) atoms. The van der Waals surface area contributed by atoms with Gasteiger partial charge in [0.25, 0.3) is 0 Å². The van der Waals surface area contributed by atoms with Crippen molar-refractivity contribution in [3.63, 3.8) is 0 Å². The van der Waals surface area contributed by atoms with Crippen LogP contribution in [0.3, 0.4) is 0 Å². The van der Waals surface area contributed by atoms with Crippen molar-refractivity contribution < 1.29 is 18.7 Å². The highest BCUT2D eigenvalue weighted by Crippen LogP contribution is 2.22. The number of anilines is 1. The van der Waals surface area contributed by atoms with Crippen molar-refractivity contribution in [2.45, 2.75) is 12.5 Å². The molecule has 1 aromatic rings. The standard InChI is InChI=1S/C11H12F2N2O2/c12-9-2-1-8(5-10(9)13)15-4-3-7(6-15)14-11(16)17/h1-2,5,7,14H,3-4,6H2,(H,16,17)/t7-/m1/s1. The van der Waals surface area contributed by atoms with Gasteiger partial charge in [0.2, 0.25) is 0 Å². The SMILES string of the molecule is O=C(O)N[C@@H]1CCN(c2ccc(F)c(F)c2)C1. The summed E-state index contributed by atoms with van der Waals surface area (Å²) in [5.74, 6) is -1.77. The number of hydrogen-bond acceptors (Lipinski definition) is 2. The highest BCUT2D eigenvalue weighted by molar-refractivity contribution is 5.65. The molecule has 1 fully saturated rings. The summed E-state index contributed by atoms with van der Waals surface area (Å²) in [5.41, 5.74) is 0.568. The first-order chi connectivity index (χ1) is 8.06. The van der Waals surface area contributed by atoms with Crippen LogP contribution in [0.5, 0.6) is 0 Å². The number of amides is 1. The molecule has 1 atom stereocenters. The summed E-state index contributed by atoms with van der Waals surface area (Å²) in [6.45, 7) is 1.09. The normalized spacial score (nSPS) is 19.4.